The van der Waals surface area contributed by atoms with Crippen LogP contribution in [-0.2, 0) is 0 Å². The maximum absolute atomic E-state index is 13.6. The summed E-state index contributed by atoms with van der Waals surface area (Å²) in [5.41, 5.74) is 0.282. The predicted molar refractivity (Wildman–Crippen MR) is 63.2 cm³/mol. The van der Waals surface area contributed by atoms with E-state index in [4.69, 9.17) is 0 Å². The Morgan fingerprint density at radius 3 is 2.59 bits per heavy atom. The highest BCUT2D eigenvalue weighted by Crippen LogP contribution is 2.32. The fourth-order valence-corrected chi connectivity index (χ4v) is 2.40. The quantitative estimate of drug-likeness (QED) is 0.851. The van der Waals surface area contributed by atoms with E-state index in [0.717, 1.165) is 0 Å². The number of nitrogens with zero attached hydrogens (tertiary/aromatic N) is 2. The lowest BCUT2D eigenvalue weighted by molar-refractivity contribution is 0.191. The van der Waals surface area contributed by atoms with Gasteiger partial charge in [-0.1, -0.05) is 6.07 Å². The van der Waals surface area contributed by atoms with Crippen LogP contribution in [0.1, 0.15) is 18.6 Å². The number of aromatic nitrogens is 2. The van der Waals surface area contributed by atoms with Crippen LogP contribution < -0.4 is 0 Å². The Morgan fingerprint density at radius 1 is 1.24 bits per heavy atom. The van der Waals surface area contributed by atoms with Gasteiger partial charge in [0.1, 0.15) is 5.82 Å². The summed E-state index contributed by atoms with van der Waals surface area (Å²) in [6.07, 6.45) is 2.38. The van der Waals surface area contributed by atoms with Gasteiger partial charge in [0.05, 0.1) is 6.10 Å². The molecule has 0 saturated carbocycles. The summed E-state index contributed by atoms with van der Waals surface area (Å²) in [7, 11) is 0. The van der Waals surface area contributed by atoms with E-state index in [9.17, 15) is 9.50 Å². The van der Waals surface area contributed by atoms with Gasteiger partial charge in [-0.05, 0) is 36.9 Å². The van der Waals surface area contributed by atoms with E-state index in [-0.39, 0.29) is 5.56 Å². The zero-order valence-corrected chi connectivity index (χ0v) is 9.99. The molecular formula is C12H11FN2OS. The van der Waals surface area contributed by atoms with E-state index in [2.05, 4.69) is 9.97 Å². The normalized spacial score (nSPS) is 12.4. The van der Waals surface area contributed by atoms with Gasteiger partial charge in [0.15, 0.2) is 5.16 Å². The molecule has 0 aliphatic rings. The number of halogens is 1. The number of hydrogen-bond acceptors (Lipinski definition) is 4. The lowest BCUT2D eigenvalue weighted by Crippen LogP contribution is -1.98. The topological polar surface area (TPSA) is 46.0 Å². The summed E-state index contributed by atoms with van der Waals surface area (Å²) in [5.74, 6) is -0.416. The largest absolute Gasteiger partial charge is 0.389 e. The average Bonchev–Trinajstić information content (AvgIpc) is 2.30. The second-order valence-corrected chi connectivity index (χ2v) is 4.47. The predicted octanol–water partition coefficient (Wildman–Crippen LogP) is 2.82. The molecule has 17 heavy (non-hydrogen) atoms. The Morgan fingerprint density at radius 2 is 1.94 bits per heavy atom. The fourth-order valence-electron chi connectivity index (χ4n) is 1.45. The highest BCUT2D eigenvalue weighted by Gasteiger charge is 2.14. The zero-order chi connectivity index (χ0) is 12.3. The van der Waals surface area contributed by atoms with Gasteiger partial charge in [-0.25, -0.2) is 14.4 Å². The number of benzene rings is 1. The molecule has 0 unspecified atom stereocenters. The Hall–Kier alpha value is -1.46. The van der Waals surface area contributed by atoms with E-state index in [1.165, 1.54) is 24.8 Å². The molecule has 0 saturated heterocycles. The second kappa shape index (κ2) is 5.25. The lowest BCUT2D eigenvalue weighted by Gasteiger charge is -2.11. The van der Waals surface area contributed by atoms with Crippen molar-refractivity contribution in [2.75, 3.05) is 0 Å². The van der Waals surface area contributed by atoms with Crippen molar-refractivity contribution in [3.63, 3.8) is 0 Å². The smallest absolute Gasteiger partial charge is 0.192 e. The van der Waals surface area contributed by atoms with Crippen LogP contribution in [0.25, 0.3) is 0 Å². The minimum absolute atomic E-state index is 0.282. The van der Waals surface area contributed by atoms with Gasteiger partial charge in [0, 0.05) is 22.9 Å². The first kappa shape index (κ1) is 12.0. The van der Waals surface area contributed by atoms with Crippen molar-refractivity contribution in [3.8, 4) is 0 Å². The molecule has 3 nitrogen and oxygen atoms in total. The van der Waals surface area contributed by atoms with Crippen LogP contribution in [0.3, 0.4) is 0 Å². The van der Waals surface area contributed by atoms with Gasteiger partial charge in [0.25, 0.3) is 0 Å². The molecule has 1 heterocycles. The molecule has 0 fully saturated rings. The molecule has 0 bridgehead atoms. The van der Waals surface area contributed by atoms with E-state index in [1.807, 2.05) is 0 Å². The van der Waals surface area contributed by atoms with Crippen molar-refractivity contribution in [1.29, 1.82) is 0 Å². The number of rotatable bonds is 3. The Bertz CT molecular complexity index is 505. The van der Waals surface area contributed by atoms with Crippen molar-refractivity contribution in [2.45, 2.75) is 23.1 Å². The molecule has 0 aliphatic heterocycles. The third-order valence-electron chi connectivity index (χ3n) is 2.17. The first-order valence-electron chi connectivity index (χ1n) is 5.10. The van der Waals surface area contributed by atoms with Crippen LogP contribution in [-0.4, -0.2) is 15.1 Å². The van der Waals surface area contributed by atoms with Crippen molar-refractivity contribution >= 4 is 11.8 Å². The molecule has 0 spiro atoms. The molecule has 5 heteroatoms. The van der Waals surface area contributed by atoms with Gasteiger partial charge >= 0.3 is 0 Å². The average molecular weight is 250 g/mol. The van der Waals surface area contributed by atoms with Crippen LogP contribution >= 0.6 is 11.8 Å². The highest BCUT2D eigenvalue weighted by molar-refractivity contribution is 7.99. The van der Waals surface area contributed by atoms with Gasteiger partial charge < -0.3 is 5.11 Å². The van der Waals surface area contributed by atoms with E-state index >= 15 is 0 Å². The van der Waals surface area contributed by atoms with Gasteiger partial charge in [-0.15, -0.1) is 0 Å². The van der Waals surface area contributed by atoms with E-state index < -0.39 is 11.9 Å². The lowest BCUT2D eigenvalue weighted by atomic mass is 10.1. The first-order valence-corrected chi connectivity index (χ1v) is 5.91. The molecule has 2 rings (SSSR count). The number of aliphatic hydroxyl groups is 1. The zero-order valence-electron chi connectivity index (χ0n) is 9.17. The molecule has 1 atom stereocenters. The Labute approximate surface area is 103 Å². The maximum Gasteiger partial charge on any atom is 0.192 e. The number of hydrogen-bond donors (Lipinski definition) is 1. The molecule has 1 N–H and O–H groups in total. The summed E-state index contributed by atoms with van der Waals surface area (Å²) < 4.78 is 13.6. The van der Waals surface area contributed by atoms with Crippen molar-refractivity contribution in [3.05, 3.63) is 48.0 Å². The van der Waals surface area contributed by atoms with Crippen molar-refractivity contribution in [2.24, 2.45) is 0 Å². The van der Waals surface area contributed by atoms with Crippen molar-refractivity contribution in [1.82, 2.24) is 9.97 Å². The first-order chi connectivity index (χ1) is 8.18. The minimum Gasteiger partial charge on any atom is -0.389 e. The Balaban J connectivity index is 2.36. The second-order valence-electron chi connectivity index (χ2n) is 3.46. The van der Waals surface area contributed by atoms with Crippen molar-refractivity contribution < 1.29 is 9.50 Å². The van der Waals surface area contributed by atoms with Crippen LogP contribution in [0.5, 0.6) is 0 Å². The SMILES string of the molecule is C[C@H](O)c1c(F)cccc1Sc1ncccn1. The summed E-state index contributed by atoms with van der Waals surface area (Å²) >= 11 is 1.23. The highest BCUT2D eigenvalue weighted by atomic mass is 32.2. The monoisotopic (exact) mass is 250 g/mol. The van der Waals surface area contributed by atoms with Gasteiger partial charge in [0.2, 0.25) is 0 Å². The van der Waals surface area contributed by atoms with Gasteiger partial charge in [-0.2, -0.15) is 0 Å². The third kappa shape index (κ3) is 2.81. The fraction of sp³-hybridized carbons (Fsp3) is 0.167. The van der Waals surface area contributed by atoms with Gasteiger partial charge in [-0.3, -0.25) is 0 Å². The molecule has 0 amide bonds. The number of aliphatic hydroxyl groups excluding tert-OH is 1. The molecule has 1 aromatic heterocycles. The molecular weight excluding hydrogens is 239 g/mol. The van der Waals surface area contributed by atoms with E-state index in [1.54, 1.807) is 30.6 Å². The molecule has 1 aromatic carbocycles. The molecule has 0 aliphatic carbocycles. The summed E-state index contributed by atoms with van der Waals surface area (Å²) in [5, 5.41) is 10.1. The summed E-state index contributed by atoms with van der Waals surface area (Å²) in [6, 6.07) is 6.39. The Kier molecular flexibility index (Phi) is 3.71. The molecule has 2 aromatic rings. The summed E-state index contributed by atoms with van der Waals surface area (Å²) in [4.78, 5) is 8.73. The van der Waals surface area contributed by atoms with Crippen LogP contribution in [0, 0.1) is 5.82 Å². The molecule has 88 valence electrons. The minimum atomic E-state index is -0.859. The summed E-state index contributed by atoms with van der Waals surface area (Å²) in [6.45, 7) is 1.54. The molecule has 0 radical (unpaired) electrons. The van der Waals surface area contributed by atoms with Crippen LogP contribution in [0.15, 0.2) is 46.7 Å². The van der Waals surface area contributed by atoms with Crippen LogP contribution in [0.4, 0.5) is 4.39 Å². The van der Waals surface area contributed by atoms with E-state index in [0.29, 0.717) is 10.1 Å². The third-order valence-corrected chi connectivity index (χ3v) is 3.14. The maximum atomic E-state index is 13.6. The van der Waals surface area contributed by atoms with Crippen LogP contribution in [0.2, 0.25) is 0 Å². The standard InChI is InChI=1S/C12H11FN2OS/c1-8(16)11-9(13)4-2-5-10(11)17-12-14-6-3-7-15-12/h2-8,16H,1H3/t8-/m0/s1.